The van der Waals surface area contributed by atoms with Gasteiger partial charge in [-0.1, -0.05) is 11.6 Å². The number of ether oxygens (including phenoxy) is 1. The van der Waals surface area contributed by atoms with E-state index in [4.69, 9.17) is 22.1 Å². The lowest BCUT2D eigenvalue weighted by Gasteiger charge is -2.32. The molecule has 1 saturated heterocycles. The van der Waals surface area contributed by atoms with Crippen LogP contribution in [-0.4, -0.2) is 30.7 Å². The second-order valence-corrected chi connectivity index (χ2v) is 5.21. The highest BCUT2D eigenvalue weighted by Crippen LogP contribution is 2.22. The molecule has 2 rings (SSSR count). The molecule has 0 radical (unpaired) electrons. The standard InChI is InChI=1S/C14H21ClN2O/c1-2-18-13-4-3-7-17(10-13)9-11-8-12(16)5-6-14(11)15/h5-6,8,13H,2-4,7,9-10,16H2,1H3. The van der Waals surface area contributed by atoms with E-state index in [1.54, 1.807) is 0 Å². The van der Waals surface area contributed by atoms with E-state index in [-0.39, 0.29) is 0 Å². The van der Waals surface area contributed by atoms with Crippen LogP contribution < -0.4 is 5.73 Å². The molecule has 0 amide bonds. The third-order valence-corrected chi connectivity index (χ3v) is 3.70. The molecule has 1 heterocycles. The van der Waals surface area contributed by atoms with E-state index in [0.717, 1.165) is 48.9 Å². The van der Waals surface area contributed by atoms with Crippen LogP contribution in [0.4, 0.5) is 5.69 Å². The van der Waals surface area contributed by atoms with Gasteiger partial charge in [0.2, 0.25) is 0 Å². The molecule has 1 aliphatic rings. The van der Waals surface area contributed by atoms with Gasteiger partial charge in [-0.2, -0.15) is 0 Å². The largest absolute Gasteiger partial charge is 0.399 e. The number of likely N-dealkylation sites (tertiary alicyclic amines) is 1. The fourth-order valence-electron chi connectivity index (χ4n) is 2.49. The molecule has 1 atom stereocenters. The maximum atomic E-state index is 6.20. The quantitative estimate of drug-likeness (QED) is 0.854. The molecular formula is C14H21ClN2O. The van der Waals surface area contributed by atoms with E-state index in [0.29, 0.717) is 6.10 Å². The van der Waals surface area contributed by atoms with Gasteiger partial charge in [-0.3, -0.25) is 4.90 Å². The molecule has 0 spiro atoms. The normalized spacial score (nSPS) is 21.1. The summed E-state index contributed by atoms with van der Waals surface area (Å²) >= 11 is 6.20. The van der Waals surface area contributed by atoms with E-state index >= 15 is 0 Å². The highest BCUT2D eigenvalue weighted by molar-refractivity contribution is 6.31. The minimum Gasteiger partial charge on any atom is -0.399 e. The van der Waals surface area contributed by atoms with E-state index in [1.165, 1.54) is 6.42 Å². The molecule has 1 fully saturated rings. The maximum absolute atomic E-state index is 6.20. The number of hydrogen-bond acceptors (Lipinski definition) is 3. The van der Waals surface area contributed by atoms with Crippen molar-refractivity contribution in [3.8, 4) is 0 Å². The van der Waals surface area contributed by atoms with Crippen molar-refractivity contribution in [1.29, 1.82) is 0 Å². The second-order valence-electron chi connectivity index (χ2n) is 4.81. The van der Waals surface area contributed by atoms with Gasteiger partial charge >= 0.3 is 0 Å². The predicted octanol–water partition coefficient (Wildman–Crippen LogP) is 2.92. The highest BCUT2D eigenvalue weighted by Gasteiger charge is 2.20. The SMILES string of the molecule is CCOC1CCCN(Cc2cc(N)ccc2Cl)C1. The van der Waals surface area contributed by atoms with Crippen LogP contribution in [0.2, 0.25) is 5.02 Å². The predicted molar refractivity (Wildman–Crippen MR) is 75.8 cm³/mol. The number of hydrogen-bond donors (Lipinski definition) is 1. The van der Waals surface area contributed by atoms with E-state index in [1.807, 2.05) is 25.1 Å². The Bertz CT molecular complexity index is 395. The van der Waals surface area contributed by atoms with Crippen molar-refractivity contribution in [3.63, 3.8) is 0 Å². The van der Waals surface area contributed by atoms with Gasteiger partial charge in [0.15, 0.2) is 0 Å². The van der Waals surface area contributed by atoms with Crippen LogP contribution in [0.3, 0.4) is 0 Å². The summed E-state index contributed by atoms with van der Waals surface area (Å²) in [5, 5.41) is 0.794. The Kier molecular flexibility index (Phi) is 4.87. The number of nitrogen functional groups attached to an aromatic ring is 1. The van der Waals surface area contributed by atoms with Gasteiger partial charge in [0.25, 0.3) is 0 Å². The summed E-state index contributed by atoms with van der Waals surface area (Å²) in [7, 11) is 0. The number of benzene rings is 1. The Morgan fingerprint density at radius 3 is 3.11 bits per heavy atom. The molecule has 0 saturated carbocycles. The fourth-order valence-corrected chi connectivity index (χ4v) is 2.66. The van der Waals surface area contributed by atoms with Crippen LogP contribution in [0.15, 0.2) is 18.2 Å². The van der Waals surface area contributed by atoms with Crippen molar-refractivity contribution in [2.24, 2.45) is 0 Å². The molecule has 1 unspecified atom stereocenters. The van der Waals surface area contributed by atoms with Crippen molar-refractivity contribution in [2.75, 3.05) is 25.4 Å². The fraction of sp³-hybridized carbons (Fsp3) is 0.571. The summed E-state index contributed by atoms with van der Waals surface area (Å²) in [5.41, 5.74) is 7.68. The van der Waals surface area contributed by atoms with Crippen LogP contribution in [-0.2, 0) is 11.3 Å². The first kappa shape index (κ1) is 13.7. The van der Waals surface area contributed by atoms with Crippen LogP contribution in [0.25, 0.3) is 0 Å². The topological polar surface area (TPSA) is 38.5 Å². The zero-order chi connectivity index (χ0) is 13.0. The van der Waals surface area contributed by atoms with Gasteiger partial charge in [-0.05, 0) is 50.1 Å². The van der Waals surface area contributed by atoms with Gasteiger partial charge in [-0.25, -0.2) is 0 Å². The minimum atomic E-state index is 0.364. The molecule has 18 heavy (non-hydrogen) atoms. The second kappa shape index (κ2) is 6.41. The smallest absolute Gasteiger partial charge is 0.0702 e. The molecule has 1 aromatic carbocycles. The monoisotopic (exact) mass is 268 g/mol. The highest BCUT2D eigenvalue weighted by atomic mass is 35.5. The number of piperidine rings is 1. The van der Waals surface area contributed by atoms with Crippen molar-refractivity contribution in [3.05, 3.63) is 28.8 Å². The van der Waals surface area contributed by atoms with Crippen LogP contribution in [0, 0.1) is 0 Å². The van der Waals surface area contributed by atoms with Crippen molar-refractivity contribution in [1.82, 2.24) is 4.90 Å². The number of anilines is 1. The van der Waals surface area contributed by atoms with Crippen molar-refractivity contribution in [2.45, 2.75) is 32.4 Å². The average Bonchev–Trinajstić information content (AvgIpc) is 2.35. The first-order valence-electron chi connectivity index (χ1n) is 6.57. The molecule has 1 aromatic rings. The minimum absolute atomic E-state index is 0.364. The molecule has 4 heteroatoms. The number of nitrogens with zero attached hydrogens (tertiary/aromatic N) is 1. The van der Waals surface area contributed by atoms with E-state index < -0.39 is 0 Å². The Labute approximate surface area is 114 Å². The summed E-state index contributed by atoms with van der Waals surface area (Å²) < 4.78 is 5.71. The summed E-state index contributed by atoms with van der Waals surface area (Å²) in [6.45, 7) is 5.78. The van der Waals surface area contributed by atoms with Gasteiger partial charge in [0.1, 0.15) is 0 Å². The molecule has 0 bridgehead atoms. The maximum Gasteiger partial charge on any atom is 0.0702 e. The number of nitrogens with two attached hydrogens (primary N) is 1. The molecular weight excluding hydrogens is 248 g/mol. The summed E-state index contributed by atoms with van der Waals surface area (Å²) in [6.07, 6.45) is 2.71. The third kappa shape index (κ3) is 3.61. The molecule has 0 aliphatic carbocycles. The lowest BCUT2D eigenvalue weighted by atomic mass is 10.1. The zero-order valence-corrected chi connectivity index (χ0v) is 11.6. The average molecular weight is 269 g/mol. The number of halogens is 1. The summed E-state index contributed by atoms with van der Waals surface area (Å²) in [5.74, 6) is 0. The number of rotatable bonds is 4. The lowest BCUT2D eigenvalue weighted by Crippen LogP contribution is -2.39. The van der Waals surface area contributed by atoms with E-state index in [2.05, 4.69) is 4.90 Å². The Morgan fingerprint density at radius 2 is 2.33 bits per heavy atom. The molecule has 2 N–H and O–H groups in total. The molecule has 3 nitrogen and oxygen atoms in total. The van der Waals surface area contributed by atoms with Crippen LogP contribution >= 0.6 is 11.6 Å². The van der Waals surface area contributed by atoms with E-state index in [9.17, 15) is 0 Å². The van der Waals surface area contributed by atoms with Crippen LogP contribution in [0.1, 0.15) is 25.3 Å². The van der Waals surface area contributed by atoms with Gasteiger partial charge < -0.3 is 10.5 Å². The first-order chi connectivity index (χ1) is 8.69. The molecule has 100 valence electrons. The summed E-state index contributed by atoms with van der Waals surface area (Å²) in [4.78, 5) is 2.39. The molecule has 1 aliphatic heterocycles. The first-order valence-corrected chi connectivity index (χ1v) is 6.94. The lowest BCUT2D eigenvalue weighted by molar-refractivity contribution is 0.00364. The van der Waals surface area contributed by atoms with Gasteiger partial charge in [0.05, 0.1) is 6.10 Å². The Hall–Kier alpha value is -0.770. The van der Waals surface area contributed by atoms with Crippen molar-refractivity contribution < 1.29 is 4.74 Å². The Balaban J connectivity index is 1.98. The Morgan fingerprint density at radius 1 is 1.50 bits per heavy atom. The third-order valence-electron chi connectivity index (χ3n) is 3.33. The summed E-state index contributed by atoms with van der Waals surface area (Å²) in [6, 6.07) is 5.67. The molecule has 0 aromatic heterocycles. The van der Waals surface area contributed by atoms with Gasteiger partial charge in [-0.15, -0.1) is 0 Å². The van der Waals surface area contributed by atoms with Gasteiger partial charge in [0, 0.05) is 30.4 Å². The zero-order valence-electron chi connectivity index (χ0n) is 10.9. The van der Waals surface area contributed by atoms with Crippen LogP contribution in [0.5, 0.6) is 0 Å². The van der Waals surface area contributed by atoms with Crippen molar-refractivity contribution >= 4 is 17.3 Å².